The van der Waals surface area contributed by atoms with Crippen LogP contribution >= 0.6 is 0 Å². The second-order valence-electron chi connectivity index (χ2n) is 8.56. The van der Waals surface area contributed by atoms with Crippen molar-refractivity contribution < 1.29 is 28.4 Å². The molecule has 0 bridgehead atoms. The predicted octanol–water partition coefficient (Wildman–Crippen LogP) is 5.32. The molecule has 0 radical (unpaired) electrons. The van der Waals surface area contributed by atoms with E-state index in [1.54, 1.807) is 21.3 Å². The molecular weight excluding hydrogens is 523 g/mol. The van der Waals surface area contributed by atoms with Crippen molar-refractivity contribution in [2.75, 3.05) is 27.9 Å². The second kappa shape index (κ2) is 13.7. The summed E-state index contributed by atoms with van der Waals surface area (Å²) in [6.07, 6.45) is 0.0288. The Kier molecular flexibility index (Phi) is 10.1. The molecule has 1 heterocycles. The van der Waals surface area contributed by atoms with Crippen LogP contribution in [0.2, 0.25) is 10.1 Å². The minimum atomic E-state index is -0.0128. The summed E-state index contributed by atoms with van der Waals surface area (Å²) in [5, 5.41) is 1.01. The van der Waals surface area contributed by atoms with Gasteiger partial charge in [-0.2, -0.15) is 0 Å². The summed E-state index contributed by atoms with van der Waals surface area (Å²) in [4.78, 5) is 0.329. The van der Waals surface area contributed by atoms with E-state index in [0.29, 0.717) is 46.2 Å². The standard InChI is InChI=1S/C29H34O6Se/c1-30-24-10-4-21(5-11-24)16-33-19-28-29(35-18-23-8-14-26(32-3)15-9-23)27(20-36-28)34-17-22-6-12-25(31-2)13-7-22/h4-15,27-29H,16-20H2,1-3H3/t27-,28-,29+/m1/s1. The number of hydrogen-bond acceptors (Lipinski definition) is 6. The predicted molar refractivity (Wildman–Crippen MR) is 140 cm³/mol. The van der Waals surface area contributed by atoms with Gasteiger partial charge in [0.1, 0.15) is 0 Å². The molecule has 0 spiro atoms. The van der Waals surface area contributed by atoms with Crippen molar-refractivity contribution in [2.24, 2.45) is 0 Å². The summed E-state index contributed by atoms with van der Waals surface area (Å²) in [5.41, 5.74) is 3.36. The Morgan fingerprint density at radius 2 is 1.06 bits per heavy atom. The van der Waals surface area contributed by atoms with Crippen molar-refractivity contribution in [3.8, 4) is 17.2 Å². The average molecular weight is 558 g/mol. The van der Waals surface area contributed by atoms with Gasteiger partial charge in [-0.3, -0.25) is 0 Å². The topological polar surface area (TPSA) is 55.4 Å². The van der Waals surface area contributed by atoms with Crippen LogP contribution in [0.3, 0.4) is 0 Å². The van der Waals surface area contributed by atoms with E-state index in [9.17, 15) is 0 Å². The van der Waals surface area contributed by atoms with Gasteiger partial charge in [0.2, 0.25) is 0 Å². The van der Waals surface area contributed by atoms with E-state index < -0.39 is 0 Å². The van der Waals surface area contributed by atoms with Gasteiger partial charge in [-0.25, -0.2) is 0 Å². The first-order valence-electron chi connectivity index (χ1n) is 12.0. The molecule has 0 saturated carbocycles. The van der Waals surface area contributed by atoms with E-state index in [1.807, 2.05) is 72.8 Å². The van der Waals surface area contributed by atoms with Gasteiger partial charge in [0, 0.05) is 0 Å². The maximum atomic E-state index is 6.48. The summed E-state index contributed by atoms with van der Waals surface area (Å²) < 4.78 is 34.8. The Morgan fingerprint density at radius 3 is 1.53 bits per heavy atom. The van der Waals surface area contributed by atoms with E-state index in [0.717, 1.165) is 39.3 Å². The van der Waals surface area contributed by atoms with Gasteiger partial charge in [0.05, 0.1) is 0 Å². The number of ether oxygens (including phenoxy) is 6. The fourth-order valence-corrected chi connectivity index (χ4v) is 6.85. The Labute approximate surface area is 220 Å². The molecule has 1 fully saturated rings. The molecule has 3 aromatic carbocycles. The van der Waals surface area contributed by atoms with Crippen molar-refractivity contribution in [3.05, 3.63) is 89.5 Å². The average Bonchev–Trinajstić information content (AvgIpc) is 3.33. The zero-order valence-corrected chi connectivity index (χ0v) is 22.8. The Bertz CT molecular complexity index is 1040. The summed E-state index contributed by atoms with van der Waals surface area (Å²) in [6.45, 7) is 2.30. The normalized spacial score (nSPS) is 19.2. The van der Waals surface area contributed by atoms with Crippen LogP contribution in [-0.4, -0.2) is 55.1 Å². The van der Waals surface area contributed by atoms with Crippen LogP contribution < -0.4 is 14.2 Å². The van der Waals surface area contributed by atoms with Crippen LogP contribution in [-0.2, 0) is 34.0 Å². The van der Waals surface area contributed by atoms with E-state index in [2.05, 4.69) is 0 Å². The van der Waals surface area contributed by atoms with Gasteiger partial charge in [-0.1, -0.05) is 0 Å². The Balaban J connectivity index is 1.35. The fraction of sp³-hybridized carbons (Fsp3) is 0.379. The molecule has 1 aliphatic heterocycles. The van der Waals surface area contributed by atoms with Gasteiger partial charge in [0.15, 0.2) is 0 Å². The molecule has 0 N–H and O–H groups in total. The van der Waals surface area contributed by atoms with Crippen molar-refractivity contribution in [2.45, 2.75) is 42.2 Å². The van der Waals surface area contributed by atoms with Crippen LogP contribution in [0.25, 0.3) is 0 Å². The first kappa shape index (κ1) is 26.5. The van der Waals surface area contributed by atoms with Crippen molar-refractivity contribution in [1.82, 2.24) is 0 Å². The van der Waals surface area contributed by atoms with Gasteiger partial charge >= 0.3 is 220 Å². The van der Waals surface area contributed by atoms with Crippen LogP contribution in [0, 0.1) is 0 Å². The van der Waals surface area contributed by atoms with Gasteiger partial charge in [0.25, 0.3) is 0 Å². The van der Waals surface area contributed by atoms with Crippen molar-refractivity contribution in [1.29, 1.82) is 0 Å². The van der Waals surface area contributed by atoms with Crippen LogP contribution in [0.4, 0.5) is 0 Å². The fourth-order valence-electron chi connectivity index (χ4n) is 4.00. The molecular formula is C29H34O6Se. The molecule has 192 valence electrons. The Hall–Kier alpha value is -2.54. The molecule has 1 aliphatic rings. The molecule has 3 atom stereocenters. The van der Waals surface area contributed by atoms with Crippen LogP contribution in [0.1, 0.15) is 16.7 Å². The molecule has 3 aromatic rings. The van der Waals surface area contributed by atoms with Gasteiger partial charge < -0.3 is 0 Å². The summed E-state index contributed by atoms with van der Waals surface area (Å²) in [7, 11) is 5.02. The molecule has 0 aromatic heterocycles. The molecule has 7 heteroatoms. The zero-order chi connectivity index (χ0) is 25.2. The van der Waals surface area contributed by atoms with E-state index in [4.69, 9.17) is 28.4 Å². The quantitative estimate of drug-likeness (QED) is 0.265. The molecule has 4 rings (SSSR count). The van der Waals surface area contributed by atoms with Gasteiger partial charge in [-0.05, 0) is 0 Å². The van der Waals surface area contributed by atoms with Gasteiger partial charge in [-0.15, -0.1) is 0 Å². The second-order valence-corrected chi connectivity index (χ2v) is 11.2. The molecule has 1 saturated heterocycles. The summed E-state index contributed by atoms with van der Waals surface area (Å²) in [6, 6.07) is 24.0. The third-order valence-corrected chi connectivity index (χ3v) is 8.98. The molecule has 0 aliphatic carbocycles. The molecule has 0 amide bonds. The first-order valence-corrected chi connectivity index (χ1v) is 14.2. The van der Waals surface area contributed by atoms with Crippen molar-refractivity contribution in [3.63, 3.8) is 0 Å². The number of hydrogen-bond donors (Lipinski definition) is 0. The number of rotatable bonds is 13. The van der Waals surface area contributed by atoms with Crippen LogP contribution in [0.15, 0.2) is 72.8 Å². The van der Waals surface area contributed by atoms with Crippen molar-refractivity contribution >= 4 is 15.0 Å². The maximum absolute atomic E-state index is 6.48. The van der Waals surface area contributed by atoms with E-state index in [1.165, 1.54) is 0 Å². The first-order chi connectivity index (χ1) is 17.7. The van der Waals surface area contributed by atoms with E-state index >= 15 is 0 Å². The monoisotopic (exact) mass is 558 g/mol. The number of methoxy groups -OCH3 is 3. The molecule has 0 unspecified atom stereocenters. The zero-order valence-electron chi connectivity index (χ0n) is 21.1. The minimum absolute atomic E-state index is 0.0128. The number of benzene rings is 3. The third kappa shape index (κ3) is 7.48. The van der Waals surface area contributed by atoms with E-state index in [-0.39, 0.29) is 12.2 Å². The summed E-state index contributed by atoms with van der Waals surface area (Å²) >= 11 is 0.370. The Morgan fingerprint density at radius 1 is 0.611 bits per heavy atom. The summed E-state index contributed by atoms with van der Waals surface area (Å²) in [5.74, 6) is 2.54. The van der Waals surface area contributed by atoms with Crippen LogP contribution in [0.5, 0.6) is 17.2 Å². The molecule has 6 nitrogen and oxygen atoms in total. The SMILES string of the molecule is COc1ccc(COC[C@H]2[Se]C[C@@H](OCc3ccc(OC)cc3)[C@@H]2OCc2ccc(OC)cc2)cc1. The molecule has 36 heavy (non-hydrogen) atoms. The third-order valence-electron chi connectivity index (χ3n) is 6.14.